The lowest BCUT2D eigenvalue weighted by molar-refractivity contribution is -0.191. The molecule has 8 heteroatoms. The molecule has 7 nitrogen and oxygen atoms in total. The van der Waals surface area contributed by atoms with E-state index >= 15 is 0 Å². The number of benzene rings is 2. The quantitative estimate of drug-likeness (QED) is 0.642. The van der Waals surface area contributed by atoms with E-state index in [2.05, 4.69) is 26.2 Å². The molecule has 0 aliphatic carbocycles. The van der Waals surface area contributed by atoms with Crippen LogP contribution in [0.3, 0.4) is 0 Å². The van der Waals surface area contributed by atoms with Crippen LogP contribution >= 0.6 is 15.9 Å². The summed E-state index contributed by atoms with van der Waals surface area (Å²) >= 11 is 3.45. The number of ether oxygens (including phenoxy) is 1. The smallest absolute Gasteiger partial charge is 0.373 e. The molecule has 0 aliphatic rings. The third-order valence-corrected chi connectivity index (χ3v) is 4.13. The summed E-state index contributed by atoms with van der Waals surface area (Å²) < 4.78 is 8.75. The molecule has 0 aliphatic heterocycles. The lowest BCUT2D eigenvalue weighted by Gasteiger charge is -2.10. The topological polar surface area (TPSA) is 94.3 Å². The number of hydrogen-bond donors (Lipinski definition) is 1. The van der Waals surface area contributed by atoms with Gasteiger partial charge in [0.15, 0.2) is 0 Å². The van der Waals surface area contributed by atoms with Crippen molar-refractivity contribution in [2.75, 3.05) is 0 Å². The molecule has 0 spiro atoms. The molecule has 0 fully saturated rings. The van der Waals surface area contributed by atoms with Gasteiger partial charge < -0.3 is 9.84 Å². The van der Waals surface area contributed by atoms with E-state index in [4.69, 9.17) is 19.4 Å². The standard InChI is InChI=1S/C18H18BrN3O2.CO2/c1-2-17-18(24-16-5-3-4-15(19)10-16)22(21-20-17)11-13-6-8-14(12-23)9-7-13;2-1-3/h3-10,23H,2,11-12H2,1H3;. The van der Waals surface area contributed by atoms with Gasteiger partial charge in [-0.2, -0.15) is 9.59 Å². The Balaban J connectivity index is 0.000000817. The van der Waals surface area contributed by atoms with Crippen molar-refractivity contribution >= 4 is 22.1 Å². The molecule has 140 valence electrons. The SMILES string of the molecule is CCc1nnn(Cc2ccc(CO)cc2)c1Oc1cccc(Br)c1.O=C=O. The van der Waals surface area contributed by atoms with Crippen molar-refractivity contribution in [1.82, 2.24) is 15.0 Å². The fourth-order valence-corrected chi connectivity index (χ4v) is 2.72. The third-order valence-electron chi connectivity index (χ3n) is 3.64. The van der Waals surface area contributed by atoms with Crippen LogP contribution in [0.2, 0.25) is 0 Å². The van der Waals surface area contributed by atoms with Gasteiger partial charge >= 0.3 is 6.15 Å². The van der Waals surface area contributed by atoms with Gasteiger partial charge in [0.25, 0.3) is 0 Å². The molecule has 0 radical (unpaired) electrons. The number of aliphatic hydroxyl groups is 1. The molecule has 0 amide bonds. The molecule has 0 atom stereocenters. The van der Waals surface area contributed by atoms with Crippen molar-refractivity contribution in [2.24, 2.45) is 0 Å². The molecular formula is C19H18BrN3O4. The highest BCUT2D eigenvalue weighted by Crippen LogP contribution is 2.27. The Bertz CT molecular complexity index is 904. The average Bonchev–Trinajstić information content (AvgIpc) is 3.04. The zero-order chi connectivity index (χ0) is 19.6. The second kappa shape index (κ2) is 10.4. The van der Waals surface area contributed by atoms with Gasteiger partial charge in [-0.15, -0.1) is 5.10 Å². The van der Waals surface area contributed by atoms with E-state index in [1.807, 2.05) is 55.5 Å². The van der Waals surface area contributed by atoms with Gasteiger partial charge in [-0.1, -0.05) is 58.4 Å². The van der Waals surface area contributed by atoms with Crippen LogP contribution in [0.5, 0.6) is 11.6 Å². The fourth-order valence-electron chi connectivity index (χ4n) is 2.34. The lowest BCUT2D eigenvalue weighted by Crippen LogP contribution is -2.05. The molecule has 0 saturated carbocycles. The van der Waals surface area contributed by atoms with Crippen molar-refractivity contribution < 1.29 is 19.4 Å². The zero-order valence-corrected chi connectivity index (χ0v) is 16.2. The first-order valence-corrected chi connectivity index (χ1v) is 8.94. The molecule has 2 aromatic carbocycles. The van der Waals surface area contributed by atoms with Crippen LogP contribution in [0, 0.1) is 0 Å². The van der Waals surface area contributed by atoms with Gasteiger partial charge in [-0.25, -0.2) is 4.68 Å². The Labute approximate surface area is 164 Å². The first-order valence-electron chi connectivity index (χ1n) is 8.15. The van der Waals surface area contributed by atoms with E-state index in [1.54, 1.807) is 4.68 Å². The Morgan fingerprint density at radius 1 is 1.15 bits per heavy atom. The zero-order valence-electron chi connectivity index (χ0n) is 14.6. The maximum atomic E-state index is 9.13. The minimum absolute atomic E-state index is 0.0425. The normalized spacial score (nSPS) is 9.89. The second-order valence-electron chi connectivity index (χ2n) is 5.47. The third kappa shape index (κ3) is 5.86. The molecule has 0 saturated heterocycles. The van der Waals surface area contributed by atoms with E-state index in [9.17, 15) is 0 Å². The molecule has 1 heterocycles. The highest BCUT2D eigenvalue weighted by atomic mass is 79.9. The van der Waals surface area contributed by atoms with Crippen LogP contribution < -0.4 is 4.74 Å². The van der Waals surface area contributed by atoms with Crippen molar-refractivity contribution in [3.8, 4) is 11.6 Å². The predicted molar refractivity (Wildman–Crippen MR) is 100 cm³/mol. The maximum Gasteiger partial charge on any atom is 0.373 e. The second-order valence-corrected chi connectivity index (χ2v) is 6.39. The molecular weight excluding hydrogens is 414 g/mol. The largest absolute Gasteiger partial charge is 0.437 e. The van der Waals surface area contributed by atoms with Crippen molar-refractivity contribution in [2.45, 2.75) is 26.5 Å². The van der Waals surface area contributed by atoms with Gasteiger partial charge in [0.2, 0.25) is 5.88 Å². The monoisotopic (exact) mass is 431 g/mol. The van der Waals surface area contributed by atoms with Crippen LogP contribution in [0.1, 0.15) is 23.7 Å². The van der Waals surface area contributed by atoms with Crippen LogP contribution in [-0.4, -0.2) is 26.3 Å². The van der Waals surface area contributed by atoms with Gasteiger partial charge in [-0.05, 0) is 35.7 Å². The highest BCUT2D eigenvalue weighted by Gasteiger charge is 2.14. The number of carbonyl (C=O) groups excluding carboxylic acids is 2. The molecule has 1 N–H and O–H groups in total. The van der Waals surface area contributed by atoms with Gasteiger partial charge in [0, 0.05) is 4.47 Å². The van der Waals surface area contributed by atoms with E-state index in [0.29, 0.717) is 12.4 Å². The molecule has 27 heavy (non-hydrogen) atoms. The summed E-state index contributed by atoms with van der Waals surface area (Å²) in [6.07, 6.45) is 0.993. The summed E-state index contributed by atoms with van der Waals surface area (Å²) in [5.74, 6) is 1.39. The summed E-state index contributed by atoms with van der Waals surface area (Å²) in [6, 6.07) is 15.4. The van der Waals surface area contributed by atoms with Crippen molar-refractivity contribution in [3.63, 3.8) is 0 Å². The molecule has 1 aromatic heterocycles. The van der Waals surface area contributed by atoms with E-state index in [0.717, 1.165) is 33.5 Å². The van der Waals surface area contributed by atoms with Gasteiger partial charge in [0.05, 0.1) is 13.2 Å². The van der Waals surface area contributed by atoms with Gasteiger partial charge in [-0.3, -0.25) is 0 Å². The predicted octanol–water partition coefficient (Wildman–Crippen LogP) is 3.35. The van der Waals surface area contributed by atoms with Crippen molar-refractivity contribution in [1.29, 1.82) is 0 Å². The molecule has 0 bridgehead atoms. The summed E-state index contributed by atoms with van der Waals surface area (Å²) in [6.45, 7) is 2.63. The molecule has 3 rings (SSSR count). The van der Waals surface area contributed by atoms with Crippen LogP contribution in [0.25, 0.3) is 0 Å². The Morgan fingerprint density at radius 3 is 2.41 bits per heavy atom. The highest BCUT2D eigenvalue weighted by molar-refractivity contribution is 9.10. The minimum atomic E-state index is 0.0425. The van der Waals surface area contributed by atoms with Crippen LogP contribution in [0.4, 0.5) is 0 Å². The van der Waals surface area contributed by atoms with E-state index in [1.165, 1.54) is 0 Å². The summed E-state index contributed by atoms with van der Waals surface area (Å²) in [5.41, 5.74) is 2.78. The number of aliphatic hydroxyl groups excluding tert-OH is 1. The Morgan fingerprint density at radius 2 is 1.81 bits per heavy atom. The molecule has 0 unspecified atom stereocenters. The fraction of sp³-hybridized carbons (Fsp3) is 0.211. The summed E-state index contributed by atoms with van der Waals surface area (Å²) in [5, 5.41) is 17.6. The number of hydrogen-bond acceptors (Lipinski definition) is 6. The van der Waals surface area contributed by atoms with Crippen LogP contribution in [0.15, 0.2) is 53.0 Å². The number of halogens is 1. The van der Waals surface area contributed by atoms with Gasteiger partial charge in [0.1, 0.15) is 11.4 Å². The van der Waals surface area contributed by atoms with Crippen molar-refractivity contribution in [3.05, 3.63) is 69.8 Å². The van der Waals surface area contributed by atoms with E-state index in [-0.39, 0.29) is 12.8 Å². The number of nitrogens with zero attached hydrogens (tertiary/aromatic N) is 3. The number of aryl methyl sites for hydroxylation is 1. The lowest BCUT2D eigenvalue weighted by atomic mass is 10.1. The Kier molecular flexibility index (Phi) is 7.88. The molecule has 3 aromatic rings. The van der Waals surface area contributed by atoms with E-state index < -0.39 is 0 Å². The maximum absolute atomic E-state index is 9.13. The first kappa shape index (κ1) is 20.5. The Hall–Kier alpha value is -2.80. The first-order chi connectivity index (χ1) is 13.1. The number of aromatic nitrogens is 3. The average molecular weight is 432 g/mol. The summed E-state index contributed by atoms with van der Waals surface area (Å²) in [4.78, 5) is 16.2. The van der Waals surface area contributed by atoms with Crippen LogP contribution in [-0.2, 0) is 29.2 Å². The minimum Gasteiger partial charge on any atom is -0.437 e. The number of rotatable bonds is 6. The summed E-state index contributed by atoms with van der Waals surface area (Å²) in [7, 11) is 0.